The van der Waals surface area contributed by atoms with E-state index >= 15 is 0 Å². The van der Waals surface area contributed by atoms with Crippen LogP contribution in [0.2, 0.25) is 0 Å². The molecule has 1 spiro atoms. The van der Waals surface area contributed by atoms with E-state index < -0.39 is 0 Å². The molecule has 1 aromatic heterocycles. The number of fused-ring (bicyclic) bond motifs is 3. The van der Waals surface area contributed by atoms with E-state index in [2.05, 4.69) is 47.4 Å². The summed E-state index contributed by atoms with van der Waals surface area (Å²) >= 11 is 0. The van der Waals surface area contributed by atoms with Crippen LogP contribution in [0.5, 0.6) is 5.75 Å². The lowest BCUT2D eigenvalue weighted by Gasteiger charge is -2.29. The maximum atomic E-state index is 13.3. The Morgan fingerprint density at radius 3 is 3.10 bits per heavy atom. The first-order chi connectivity index (χ1) is 14.5. The lowest BCUT2D eigenvalue weighted by molar-refractivity contribution is -0.123. The molecule has 7 nitrogen and oxygen atoms in total. The van der Waals surface area contributed by atoms with Gasteiger partial charge in [0.15, 0.2) is 5.82 Å². The number of methoxy groups -OCH3 is 1. The molecule has 1 aromatic carbocycles. The van der Waals surface area contributed by atoms with Gasteiger partial charge in [-0.15, -0.1) is 0 Å². The smallest absolute Gasteiger partial charge is 0.224 e. The van der Waals surface area contributed by atoms with Gasteiger partial charge in [-0.3, -0.25) is 4.79 Å². The fourth-order valence-corrected chi connectivity index (χ4v) is 5.12. The highest BCUT2D eigenvalue weighted by Crippen LogP contribution is 2.61. The van der Waals surface area contributed by atoms with Gasteiger partial charge in [0.25, 0.3) is 0 Å². The molecule has 2 aromatic rings. The van der Waals surface area contributed by atoms with Gasteiger partial charge in [0.1, 0.15) is 18.2 Å². The summed E-state index contributed by atoms with van der Waals surface area (Å²) in [5.74, 6) is 3.06. The van der Waals surface area contributed by atoms with Crippen LogP contribution in [-0.4, -0.2) is 34.4 Å². The van der Waals surface area contributed by atoms with Gasteiger partial charge >= 0.3 is 0 Å². The van der Waals surface area contributed by atoms with Crippen LogP contribution < -0.4 is 10.1 Å². The van der Waals surface area contributed by atoms with E-state index in [-0.39, 0.29) is 23.3 Å². The number of nitrogens with one attached hydrogen (secondary N) is 1. The second-order valence-electron chi connectivity index (χ2n) is 9.17. The van der Waals surface area contributed by atoms with Gasteiger partial charge in [0, 0.05) is 30.6 Å². The van der Waals surface area contributed by atoms with Gasteiger partial charge in [0.2, 0.25) is 5.91 Å². The topological polar surface area (TPSA) is 78.3 Å². The lowest BCUT2D eigenvalue weighted by Crippen LogP contribution is -2.36. The van der Waals surface area contributed by atoms with E-state index in [1.54, 1.807) is 7.11 Å². The van der Waals surface area contributed by atoms with Crippen LogP contribution in [0.3, 0.4) is 0 Å². The molecule has 3 aliphatic rings. The second kappa shape index (κ2) is 7.38. The van der Waals surface area contributed by atoms with Crippen LogP contribution >= 0.6 is 0 Å². The molecule has 3 heterocycles. The van der Waals surface area contributed by atoms with Gasteiger partial charge in [-0.25, -0.2) is 9.67 Å². The van der Waals surface area contributed by atoms with E-state index in [1.165, 1.54) is 11.1 Å². The fraction of sp³-hybridized carbons (Fsp3) is 0.609. The van der Waals surface area contributed by atoms with Crippen LogP contribution in [0.25, 0.3) is 0 Å². The minimum atomic E-state index is -0.0803. The quantitative estimate of drug-likeness (QED) is 0.819. The molecule has 160 valence electrons. The first kappa shape index (κ1) is 19.5. The molecule has 1 aliphatic carbocycles. The molecule has 7 heteroatoms. The number of nitrogens with zero attached hydrogens (tertiary/aromatic N) is 3. The highest BCUT2D eigenvalue weighted by Gasteiger charge is 2.61. The average Bonchev–Trinajstić information content (AvgIpc) is 3.29. The van der Waals surface area contributed by atoms with Gasteiger partial charge in [0.05, 0.1) is 12.6 Å². The van der Waals surface area contributed by atoms with Gasteiger partial charge in [-0.2, -0.15) is 5.10 Å². The van der Waals surface area contributed by atoms with E-state index in [0.29, 0.717) is 25.0 Å². The predicted octanol–water partition coefficient (Wildman–Crippen LogP) is 3.24. The Balaban J connectivity index is 1.35. The minimum absolute atomic E-state index is 0.000643. The molecule has 0 bridgehead atoms. The predicted molar refractivity (Wildman–Crippen MR) is 111 cm³/mol. The minimum Gasteiger partial charge on any atom is -0.493 e. The molecular formula is C23H30N4O3. The summed E-state index contributed by atoms with van der Waals surface area (Å²) in [4.78, 5) is 17.9. The summed E-state index contributed by atoms with van der Waals surface area (Å²) < 4.78 is 13.0. The summed E-state index contributed by atoms with van der Waals surface area (Å²) in [6, 6.07) is 6.41. The van der Waals surface area contributed by atoms with Crippen molar-refractivity contribution in [3.63, 3.8) is 0 Å². The summed E-state index contributed by atoms with van der Waals surface area (Å²) in [6.45, 7) is 6.31. The average molecular weight is 411 g/mol. The van der Waals surface area contributed by atoms with Gasteiger partial charge in [-0.05, 0) is 43.2 Å². The fourth-order valence-electron chi connectivity index (χ4n) is 5.12. The van der Waals surface area contributed by atoms with Crippen molar-refractivity contribution >= 4 is 5.91 Å². The zero-order chi connectivity index (χ0) is 20.9. The molecule has 3 atom stereocenters. The van der Waals surface area contributed by atoms with Gasteiger partial charge in [-0.1, -0.05) is 26.0 Å². The standard InChI is InChI=1S/C23H30N4O3/c1-14(2)15-6-7-19-16(11-15)23(8-10-30-19)12-17(23)22(28)24-18-5-4-9-27-21(18)25-20(26-27)13-29-3/h6-7,11,14,17-18H,4-5,8-10,12-13H2,1-3H3,(H,24,28)/t17-,18+,23-/m0/s1. The Hall–Kier alpha value is -2.41. The number of carbonyl (C=O) groups is 1. The first-order valence-corrected chi connectivity index (χ1v) is 11.0. The van der Waals surface area contributed by atoms with Crippen molar-refractivity contribution in [2.24, 2.45) is 5.92 Å². The molecule has 1 amide bonds. The molecule has 1 N–H and O–H groups in total. The summed E-state index contributed by atoms with van der Waals surface area (Å²) in [7, 11) is 1.64. The largest absolute Gasteiger partial charge is 0.493 e. The van der Waals surface area contributed by atoms with Crippen LogP contribution in [0.15, 0.2) is 18.2 Å². The number of ether oxygens (including phenoxy) is 2. The summed E-state index contributed by atoms with van der Waals surface area (Å²) in [5, 5.41) is 7.80. The van der Waals surface area contributed by atoms with Gasteiger partial charge < -0.3 is 14.8 Å². The van der Waals surface area contributed by atoms with E-state index in [0.717, 1.165) is 43.8 Å². The highest BCUT2D eigenvalue weighted by molar-refractivity contribution is 5.85. The van der Waals surface area contributed by atoms with Crippen molar-refractivity contribution < 1.29 is 14.3 Å². The molecule has 1 saturated carbocycles. The Bertz CT molecular complexity index is 969. The monoisotopic (exact) mass is 410 g/mol. The van der Waals surface area contributed by atoms with Crippen LogP contribution in [0, 0.1) is 5.92 Å². The Kier molecular flexibility index (Phi) is 4.81. The SMILES string of the molecule is COCc1nc2n(n1)CCC[C@H]2NC(=O)[C@@H]1C[C@]12CCOc1ccc(C(C)C)cc12. The number of hydrogen-bond donors (Lipinski definition) is 1. The van der Waals surface area contributed by atoms with Crippen molar-refractivity contribution in [3.05, 3.63) is 41.0 Å². The number of hydrogen-bond acceptors (Lipinski definition) is 5. The maximum Gasteiger partial charge on any atom is 0.224 e. The van der Waals surface area contributed by atoms with Crippen molar-refractivity contribution in [2.45, 2.75) is 70.1 Å². The van der Waals surface area contributed by atoms with Crippen molar-refractivity contribution in [1.82, 2.24) is 20.1 Å². The molecule has 0 saturated heterocycles. The molecule has 0 unspecified atom stereocenters. The van der Waals surface area contributed by atoms with Crippen molar-refractivity contribution in [2.75, 3.05) is 13.7 Å². The third kappa shape index (κ3) is 3.20. The zero-order valence-corrected chi connectivity index (χ0v) is 18.0. The lowest BCUT2D eigenvalue weighted by atomic mass is 9.85. The van der Waals surface area contributed by atoms with Crippen LogP contribution in [0.4, 0.5) is 0 Å². The van der Waals surface area contributed by atoms with Crippen molar-refractivity contribution in [3.8, 4) is 5.75 Å². The molecule has 0 radical (unpaired) electrons. The van der Waals surface area contributed by atoms with E-state index in [9.17, 15) is 4.79 Å². The van der Waals surface area contributed by atoms with Crippen molar-refractivity contribution in [1.29, 1.82) is 0 Å². The second-order valence-corrected chi connectivity index (χ2v) is 9.17. The number of aromatic nitrogens is 3. The first-order valence-electron chi connectivity index (χ1n) is 11.0. The zero-order valence-electron chi connectivity index (χ0n) is 18.0. The highest BCUT2D eigenvalue weighted by atomic mass is 16.5. The Morgan fingerprint density at radius 1 is 1.43 bits per heavy atom. The number of benzene rings is 1. The Morgan fingerprint density at radius 2 is 2.30 bits per heavy atom. The number of rotatable bonds is 5. The van der Waals surface area contributed by atoms with E-state index in [1.807, 2.05) is 4.68 Å². The number of carbonyl (C=O) groups excluding carboxylic acids is 1. The molecule has 2 aliphatic heterocycles. The number of amides is 1. The summed E-state index contributed by atoms with van der Waals surface area (Å²) in [5.41, 5.74) is 2.44. The molecular weight excluding hydrogens is 380 g/mol. The summed E-state index contributed by atoms with van der Waals surface area (Å²) in [6.07, 6.45) is 3.68. The third-order valence-corrected chi connectivity index (χ3v) is 6.91. The molecule has 1 fully saturated rings. The van der Waals surface area contributed by atoms with Crippen LogP contribution in [0.1, 0.15) is 74.3 Å². The Labute approximate surface area is 177 Å². The molecule has 30 heavy (non-hydrogen) atoms. The normalized spacial score (nSPS) is 26.8. The van der Waals surface area contributed by atoms with Crippen LogP contribution in [-0.2, 0) is 28.1 Å². The molecule has 5 rings (SSSR count). The van der Waals surface area contributed by atoms with E-state index in [4.69, 9.17) is 9.47 Å². The third-order valence-electron chi connectivity index (χ3n) is 6.91. The maximum absolute atomic E-state index is 13.3. The number of aryl methyl sites for hydroxylation is 1.